The third-order valence-electron chi connectivity index (χ3n) is 4.30. The molecular formula is C17H18O3. The minimum Gasteiger partial charge on any atom is -0.427 e. The average molecular weight is 270 g/mol. The molecule has 0 saturated heterocycles. The Balaban J connectivity index is 1.62. The summed E-state index contributed by atoms with van der Waals surface area (Å²) in [5.41, 5.74) is 0.702. The summed E-state index contributed by atoms with van der Waals surface area (Å²) in [5.74, 6) is 2.12. The van der Waals surface area contributed by atoms with Crippen molar-refractivity contribution in [2.24, 2.45) is 17.8 Å². The lowest BCUT2D eigenvalue weighted by atomic mass is 9.87. The van der Waals surface area contributed by atoms with Crippen LogP contribution in [0.1, 0.15) is 36.5 Å². The standard InChI is InChI=1S/C17H18O3/c1-11(18)20-16-6-4-13(5-7-16)17(19)10-15-9-12-2-3-14(15)8-12/h2-7,12,14-15H,8-10H2,1H3. The number of ketones is 1. The SMILES string of the molecule is CC(=O)Oc1ccc(C(=O)CC2CC3C=CC2C3)cc1. The van der Waals surface area contributed by atoms with E-state index in [1.807, 2.05) is 0 Å². The van der Waals surface area contributed by atoms with E-state index in [0.717, 1.165) is 6.42 Å². The van der Waals surface area contributed by atoms with Crippen LogP contribution in [0, 0.1) is 17.8 Å². The third-order valence-corrected chi connectivity index (χ3v) is 4.30. The van der Waals surface area contributed by atoms with Gasteiger partial charge in [0, 0.05) is 18.9 Å². The molecule has 3 unspecified atom stereocenters. The summed E-state index contributed by atoms with van der Waals surface area (Å²) in [7, 11) is 0. The van der Waals surface area contributed by atoms with Gasteiger partial charge < -0.3 is 4.74 Å². The first kappa shape index (κ1) is 13.1. The van der Waals surface area contributed by atoms with Crippen LogP contribution >= 0.6 is 0 Å². The average Bonchev–Trinajstić information content (AvgIpc) is 3.01. The Morgan fingerprint density at radius 3 is 2.45 bits per heavy atom. The van der Waals surface area contributed by atoms with Crippen LogP contribution in [0.25, 0.3) is 0 Å². The Bertz CT molecular complexity index is 556. The summed E-state index contributed by atoms with van der Waals surface area (Å²) in [4.78, 5) is 23.1. The van der Waals surface area contributed by atoms with Crippen LogP contribution in [0.4, 0.5) is 0 Å². The molecule has 2 aliphatic carbocycles. The maximum absolute atomic E-state index is 12.3. The highest BCUT2D eigenvalue weighted by atomic mass is 16.5. The molecule has 0 aromatic heterocycles. The molecule has 0 heterocycles. The van der Waals surface area contributed by atoms with Crippen LogP contribution in [0.15, 0.2) is 36.4 Å². The van der Waals surface area contributed by atoms with E-state index in [1.165, 1.54) is 13.3 Å². The first-order valence-corrected chi connectivity index (χ1v) is 7.12. The first-order valence-electron chi connectivity index (χ1n) is 7.12. The van der Waals surface area contributed by atoms with Crippen molar-refractivity contribution in [1.29, 1.82) is 0 Å². The second-order valence-electron chi connectivity index (χ2n) is 5.79. The van der Waals surface area contributed by atoms with E-state index in [4.69, 9.17) is 4.74 Å². The molecule has 1 saturated carbocycles. The number of rotatable bonds is 4. The number of ether oxygens (including phenoxy) is 1. The van der Waals surface area contributed by atoms with Gasteiger partial charge in [-0.1, -0.05) is 12.2 Å². The molecule has 3 nitrogen and oxygen atoms in total. The van der Waals surface area contributed by atoms with Gasteiger partial charge in [-0.25, -0.2) is 0 Å². The number of hydrogen-bond donors (Lipinski definition) is 0. The van der Waals surface area contributed by atoms with E-state index in [2.05, 4.69) is 12.2 Å². The quantitative estimate of drug-likeness (QED) is 0.364. The van der Waals surface area contributed by atoms with Crippen molar-refractivity contribution in [3.63, 3.8) is 0 Å². The van der Waals surface area contributed by atoms with Crippen molar-refractivity contribution in [3.8, 4) is 5.75 Å². The Hall–Kier alpha value is -1.90. The van der Waals surface area contributed by atoms with Crippen molar-refractivity contribution < 1.29 is 14.3 Å². The van der Waals surface area contributed by atoms with Crippen molar-refractivity contribution in [3.05, 3.63) is 42.0 Å². The highest BCUT2D eigenvalue weighted by molar-refractivity contribution is 5.96. The fraction of sp³-hybridized carbons (Fsp3) is 0.412. The molecular weight excluding hydrogens is 252 g/mol. The van der Waals surface area contributed by atoms with Crippen LogP contribution < -0.4 is 4.74 Å². The highest BCUT2D eigenvalue weighted by Crippen LogP contribution is 2.45. The lowest BCUT2D eigenvalue weighted by Crippen LogP contribution is -2.13. The molecule has 1 aromatic rings. The summed E-state index contributed by atoms with van der Waals surface area (Å²) in [6, 6.07) is 6.83. The fourth-order valence-corrected chi connectivity index (χ4v) is 3.36. The van der Waals surface area contributed by atoms with Gasteiger partial charge in [0.05, 0.1) is 0 Å². The highest BCUT2D eigenvalue weighted by Gasteiger charge is 2.36. The molecule has 2 bridgehead atoms. The van der Waals surface area contributed by atoms with Gasteiger partial charge in [0.2, 0.25) is 0 Å². The molecule has 1 fully saturated rings. The molecule has 0 amide bonds. The summed E-state index contributed by atoms with van der Waals surface area (Å²) < 4.78 is 4.96. The fourth-order valence-electron chi connectivity index (χ4n) is 3.36. The van der Waals surface area contributed by atoms with Crippen molar-refractivity contribution in [1.82, 2.24) is 0 Å². The predicted octanol–water partition coefficient (Wildman–Crippen LogP) is 3.40. The molecule has 2 aliphatic rings. The molecule has 3 heteroatoms. The van der Waals surface area contributed by atoms with Gasteiger partial charge in [0.15, 0.2) is 5.78 Å². The molecule has 0 radical (unpaired) electrons. The van der Waals surface area contributed by atoms with Crippen LogP contribution in [0.2, 0.25) is 0 Å². The van der Waals surface area contributed by atoms with Crippen LogP contribution in [-0.4, -0.2) is 11.8 Å². The number of Topliss-reactive ketones (excluding diaryl/α,β-unsaturated/α-hetero) is 1. The van der Waals surface area contributed by atoms with Gasteiger partial charge in [-0.3, -0.25) is 9.59 Å². The van der Waals surface area contributed by atoms with Gasteiger partial charge in [-0.15, -0.1) is 0 Å². The molecule has 104 valence electrons. The van der Waals surface area contributed by atoms with E-state index in [9.17, 15) is 9.59 Å². The van der Waals surface area contributed by atoms with Crippen molar-refractivity contribution >= 4 is 11.8 Å². The Morgan fingerprint density at radius 2 is 1.90 bits per heavy atom. The van der Waals surface area contributed by atoms with E-state index < -0.39 is 0 Å². The molecule has 1 aromatic carbocycles. The molecule has 20 heavy (non-hydrogen) atoms. The minimum absolute atomic E-state index is 0.185. The Kier molecular flexibility index (Phi) is 3.43. The molecule has 0 spiro atoms. The molecule has 0 aliphatic heterocycles. The smallest absolute Gasteiger partial charge is 0.308 e. The number of carbonyl (C=O) groups excluding carboxylic acids is 2. The maximum Gasteiger partial charge on any atom is 0.308 e. The van der Waals surface area contributed by atoms with E-state index in [1.54, 1.807) is 24.3 Å². The number of hydrogen-bond acceptors (Lipinski definition) is 3. The summed E-state index contributed by atoms with van der Waals surface area (Å²) in [6.45, 7) is 1.36. The van der Waals surface area contributed by atoms with Gasteiger partial charge in [-0.2, -0.15) is 0 Å². The molecule has 0 N–H and O–H groups in total. The van der Waals surface area contributed by atoms with E-state index in [-0.39, 0.29) is 11.8 Å². The number of esters is 1. The minimum atomic E-state index is -0.349. The topological polar surface area (TPSA) is 43.4 Å². The van der Waals surface area contributed by atoms with Crippen LogP contribution in [-0.2, 0) is 4.79 Å². The zero-order valence-electron chi connectivity index (χ0n) is 11.5. The van der Waals surface area contributed by atoms with Gasteiger partial charge in [-0.05, 0) is 54.9 Å². The molecule has 3 atom stereocenters. The third kappa shape index (κ3) is 2.67. The second kappa shape index (κ2) is 5.23. The Labute approximate surface area is 118 Å². The number of fused-ring (bicyclic) bond motifs is 2. The first-order chi connectivity index (χ1) is 9.61. The number of allylic oxidation sites excluding steroid dienone is 2. The summed E-state index contributed by atoms with van der Waals surface area (Å²) in [5, 5.41) is 0. The van der Waals surface area contributed by atoms with Gasteiger partial charge in [0.1, 0.15) is 5.75 Å². The number of benzene rings is 1. The monoisotopic (exact) mass is 270 g/mol. The second-order valence-corrected chi connectivity index (χ2v) is 5.79. The normalized spacial score (nSPS) is 26.8. The van der Waals surface area contributed by atoms with Crippen LogP contribution in [0.3, 0.4) is 0 Å². The summed E-state index contributed by atoms with van der Waals surface area (Å²) in [6.07, 6.45) is 7.57. The van der Waals surface area contributed by atoms with Gasteiger partial charge >= 0.3 is 5.97 Å². The number of carbonyl (C=O) groups is 2. The maximum atomic E-state index is 12.3. The zero-order chi connectivity index (χ0) is 14.1. The largest absolute Gasteiger partial charge is 0.427 e. The van der Waals surface area contributed by atoms with E-state index >= 15 is 0 Å². The Morgan fingerprint density at radius 1 is 1.15 bits per heavy atom. The molecule has 3 rings (SSSR count). The van der Waals surface area contributed by atoms with Crippen molar-refractivity contribution in [2.45, 2.75) is 26.2 Å². The predicted molar refractivity (Wildman–Crippen MR) is 75.5 cm³/mol. The lowest BCUT2D eigenvalue weighted by Gasteiger charge is -2.17. The van der Waals surface area contributed by atoms with Crippen molar-refractivity contribution in [2.75, 3.05) is 0 Å². The van der Waals surface area contributed by atoms with Gasteiger partial charge in [0.25, 0.3) is 0 Å². The van der Waals surface area contributed by atoms with Crippen LogP contribution in [0.5, 0.6) is 5.75 Å². The zero-order valence-corrected chi connectivity index (χ0v) is 11.5. The lowest BCUT2D eigenvalue weighted by molar-refractivity contribution is -0.131. The summed E-state index contributed by atoms with van der Waals surface area (Å²) >= 11 is 0. The van der Waals surface area contributed by atoms with E-state index in [0.29, 0.717) is 35.5 Å².